The zero-order chi connectivity index (χ0) is 12.4. The Balaban J connectivity index is 2.47. The summed E-state index contributed by atoms with van der Waals surface area (Å²) in [7, 11) is 3.41. The van der Waals surface area contributed by atoms with Gasteiger partial charge in [-0.1, -0.05) is 6.07 Å². The summed E-state index contributed by atoms with van der Waals surface area (Å²) in [5.74, 6) is -0.110. The number of aromatic amines is 1. The molecule has 17 heavy (non-hydrogen) atoms. The van der Waals surface area contributed by atoms with E-state index in [4.69, 9.17) is 0 Å². The van der Waals surface area contributed by atoms with Crippen LogP contribution in [0.1, 0.15) is 16.2 Å². The second-order valence-corrected chi connectivity index (χ2v) is 4.02. The smallest absolute Gasteiger partial charge is 0.272 e. The SMILES string of the molecule is Cc1cccc(-c2cn[nH]c2C(=O)N(C)C)n1. The molecule has 5 heteroatoms. The molecule has 0 fully saturated rings. The topological polar surface area (TPSA) is 61.9 Å². The van der Waals surface area contributed by atoms with Crippen molar-refractivity contribution in [3.8, 4) is 11.3 Å². The van der Waals surface area contributed by atoms with Gasteiger partial charge in [-0.05, 0) is 19.1 Å². The Morgan fingerprint density at radius 3 is 2.76 bits per heavy atom. The maximum Gasteiger partial charge on any atom is 0.272 e. The largest absolute Gasteiger partial charge is 0.343 e. The van der Waals surface area contributed by atoms with Gasteiger partial charge in [-0.25, -0.2) is 0 Å². The van der Waals surface area contributed by atoms with Crippen LogP contribution in [0.3, 0.4) is 0 Å². The van der Waals surface area contributed by atoms with Crippen molar-refractivity contribution in [1.82, 2.24) is 20.1 Å². The normalized spacial score (nSPS) is 10.3. The highest BCUT2D eigenvalue weighted by Gasteiger charge is 2.17. The number of carbonyl (C=O) groups is 1. The lowest BCUT2D eigenvalue weighted by Crippen LogP contribution is -2.22. The van der Waals surface area contributed by atoms with Crippen LogP contribution in [0.4, 0.5) is 0 Å². The van der Waals surface area contributed by atoms with Gasteiger partial charge >= 0.3 is 0 Å². The predicted molar refractivity (Wildman–Crippen MR) is 64.6 cm³/mol. The van der Waals surface area contributed by atoms with Gasteiger partial charge in [-0.15, -0.1) is 0 Å². The molecule has 0 saturated carbocycles. The van der Waals surface area contributed by atoms with E-state index >= 15 is 0 Å². The molecule has 0 unspecified atom stereocenters. The van der Waals surface area contributed by atoms with Gasteiger partial charge in [-0.3, -0.25) is 14.9 Å². The van der Waals surface area contributed by atoms with E-state index < -0.39 is 0 Å². The highest BCUT2D eigenvalue weighted by atomic mass is 16.2. The number of aryl methyl sites for hydroxylation is 1. The summed E-state index contributed by atoms with van der Waals surface area (Å²) in [5, 5.41) is 6.64. The number of nitrogens with zero attached hydrogens (tertiary/aromatic N) is 3. The first-order valence-electron chi connectivity index (χ1n) is 5.28. The zero-order valence-electron chi connectivity index (χ0n) is 10.1. The third-order valence-corrected chi connectivity index (χ3v) is 2.42. The first kappa shape index (κ1) is 11.3. The summed E-state index contributed by atoms with van der Waals surface area (Å²) in [6.07, 6.45) is 1.62. The first-order valence-corrected chi connectivity index (χ1v) is 5.28. The van der Waals surface area contributed by atoms with Gasteiger partial charge in [0.1, 0.15) is 5.69 Å². The Morgan fingerprint density at radius 2 is 2.12 bits per heavy atom. The zero-order valence-corrected chi connectivity index (χ0v) is 10.1. The Labute approximate surface area is 99.5 Å². The minimum atomic E-state index is -0.110. The number of rotatable bonds is 2. The summed E-state index contributed by atoms with van der Waals surface area (Å²) in [6, 6.07) is 5.69. The van der Waals surface area contributed by atoms with Crippen LogP contribution in [0.2, 0.25) is 0 Å². The molecule has 2 rings (SSSR count). The summed E-state index contributed by atoms with van der Waals surface area (Å²) in [6.45, 7) is 1.91. The molecule has 0 aliphatic rings. The highest BCUT2D eigenvalue weighted by molar-refractivity contribution is 5.98. The lowest BCUT2D eigenvalue weighted by Gasteiger charge is -2.09. The van der Waals surface area contributed by atoms with Crippen molar-refractivity contribution < 1.29 is 4.79 Å². The van der Waals surface area contributed by atoms with Crippen molar-refractivity contribution in [2.75, 3.05) is 14.1 Å². The van der Waals surface area contributed by atoms with E-state index in [1.807, 2.05) is 25.1 Å². The number of amides is 1. The minimum absolute atomic E-state index is 0.110. The quantitative estimate of drug-likeness (QED) is 0.850. The second-order valence-electron chi connectivity index (χ2n) is 4.02. The lowest BCUT2D eigenvalue weighted by atomic mass is 10.1. The van der Waals surface area contributed by atoms with Gasteiger partial charge in [0.2, 0.25) is 0 Å². The van der Waals surface area contributed by atoms with Crippen LogP contribution in [0.5, 0.6) is 0 Å². The monoisotopic (exact) mass is 230 g/mol. The summed E-state index contributed by atoms with van der Waals surface area (Å²) >= 11 is 0. The Hall–Kier alpha value is -2.17. The standard InChI is InChI=1S/C12H14N4O/c1-8-5-4-6-10(14-8)9-7-13-15-11(9)12(17)16(2)3/h4-7H,1-3H3,(H,13,15). The molecule has 0 atom stereocenters. The highest BCUT2D eigenvalue weighted by Crippen LogP contribution is 2.20. The molecular weight excluding hydrogens is 216 g/mol. The Morgan fingerprint density at radius 1 is 1.35 bits per heavy atom. The molecule has 0 aliphatic carbocycles. The molecule has 0 bridgehead atoms. The number of nitrogens with one attached hydrogen (secondary N) is 1. The molecule has 0 saturated heterocycles. The molecule has 2 heterocycles. The summed E-state index contributed by atoms with van der Waals surface area (Å²) < 4.78 is 0. The fourth-order valence-corrected chi connectivity index (χ4v) is 1.56. The molecule has 1 N–H and O–H groups in total. The predicted octanol–water partition coefficient (Wildman–Crippen LogP) is 1.48. The third-order valence-electron chi connectivity index (χ3n) is 2.42. The first-order chi connectivity index (χ1) is 8.09. The molecule has 1 amide bonds. The van der Waals surface area contributed by atoms with Gasteiger partial charge in [0.15, 0.2) is 0 Å². The Bertz CT molecular complexity index is 545. The van der Waals surface area contributed by atoms with Crippen LogP contribution >= 0.6 is 0 Å². The number of pyridine rings is 1. The average Bonchev–Trinajstić information content (AvgIpc) is 2.76. The fraction of sp³-hybridized carbons (Fsp3) is 0.250. The summed E-state index contributed by atoms with van der Waals surface area (Å²) in [5.41, 5.74) is 2.86. The number of hydrogen-bond acceptors (Lipinski definition) is 3. The van der Waals surface area contributed by atoms with Gasteiger partial charge in [0.05, 0.1) is 17.5 Å². The minimum Gasteiger partial charge on any atom is -0.343 e. The van der Waals surface area contributed by atoms with E-state index in [1.54, 1.807) is 20.3 Å². The van der Waals surface area contributed by atoms with E-state index in [1.165, 1.54) is 4.90 Å². The molecule has 2 aromatic heterocycles. The van der Waals surface area contributed by atoms with E-state index in [-0.39, 0.29) is 5.91 Å². The van der Waals surface area contributed by atoms with Crippen LogP contribution in [-0.4, -0.2) is 40.1 Å². The number of aromatic nitrogens is 3. The Kier molecular flexibility index (Phi) is 2.91. The van der Waals surface area contributed by atoms with E-state index in [0.717, 1.165) is 17.0 Å². The van der Waals surface area contributed by atoms with Crippen molar-refractivity contribution >= 4 is 5.91 Å². The fourth-order valence-electron chi connectivity index (χ4n) is 1.56. The van der Waals surface area contributed by atoms with Gasteiger partial charge in [-0.2, -0.15) is 5.10 Å². The van der Waals surface area contributed by atoms with Gasteiger partial charge in [0, 0.05) is 19.8 Å². The maximum absolute atomic E-state index is 11.9. The van der Waals surface area contributed by atoms with E-state index in [2.05, 4.69) is 15.2 Å². The molecule has 5 nitrogen and oxygen atoms in total. The molecule has 2 aromatic rings. The average molecular weight is 230 g/mol. The summed E-state index contributed by atoms with van der Waals surface area (Å²) in [4.78, 5) is 17.8. The lowest BCUT2D eigenvalue weighted by molar-refractivity contribution is 0.0822. The van der Waals surface area contributed by atoms with E-state index in [9.17, 15) is 4.79 Å². The van der Waals surface area contributed by atoms with Crippen molar-refractivity contribution in [1.29, 1.82) is 0 Å². The van der Waals surface area contributed by atoms with Crippen molar-refractivity contribution in [2.24, 2.45) is 0 Å². The van der Waals surface area contributed by atoms with Gasteiger partial charge < -0.3 is 4.90 Å². The third kappa shape index (κ3) is 2.18. The number of H-pyrrole nitrogens is 1. The molecule has 0 aromatic carbocycles. The maximum atomic E-state index is 11.9. The molecule has 0 radical (unpaired) electrons. The number of carbonyl (C=O) groups excluding carboxylic acids is 1. The second kappa shape index (κ2) is 4.37. The van der Waals surface area contributed by atoms with Crippen LogP contribution in [0.25, 0.3) is 11.3 Å². The molecule has 0 aliphatic heterocycles. The van der Waals surface area contributed by atoms with Gasteiger partial charge in [0.25, 0.3) is 5.91 Å². The number of hydrogen-bond donors (Lipinski definition) is 1. The van der Waals surface area contributed by atoms with Crippen molar-refractivity contribution in [3.05, 3.63) is 35.8 Å². The molecular formula is C12H14N4O. The van der Waals surface area contributed by atoms with Crippen molar-refractivity contribution in [3.63, 3.8) is 0 Å². The van der Waals surface area contributed by atoms with Crippen LogP contribution in [0, 0.1) is 6.92 Å². The van der Waals surface area contributed by atoms with Crippen LogP contribution in [-0.2, 0) is 0 Å². The van der Waals surface area contributed by atoms with Crippen molar-refractivity contribution in [2.45, 2.75) is 6.92 Å². The molecule has 88 valence electrons. The van der Waals surface area contributed by atoms with Crippen LogP contribution in [0.15, 0.2) is 24.4 Å². The van der Waals surface area contributed by atoms with Crippen LogP contribution < -0.4 is 0 Å². The molecule has 0 spiro atoms. The van der Waals surface area contributed by atoms with E-state index in [0.29, 0.717) is 5.69 Å².